The van der Waals surface area contributed by atoms with Crippen molar-refractivity contribution in [3.63, 3.8) is 0 Å². The van der Waals surface area contributed by atoms with Crippen LogP contribution in [0.25, 0.3) is 0 Å². The largest absolute Gasteiger partial charge is 0.399 e. The number of aliphatic hydroxyl groups is 1. The number of nitrogens with two attached hydrogens (primary N) is 1. The topological polar surface area (TPSA) is 58.3 Å². The molecule has 1 aromatic rings. The maximum Gasteiger partial charge on any atom is 0.0814 e. The van der Waals surface area contributed by atoms with Gasteiger partial charge in [-0.15, -0.1) is 0 Å². The fourth-order valence-electron chi connectivity index (χ4n) is 1.43. The molecule has 0 amide bonds. The van der Waals surface area contributed by atoms with Crippen LogP contribution in [0.2, 0.25) is 5.02 Å². The normalized spacial score (nSPS) is 11.5. The van der Waals surface area contributed by atoms with Crippen molar-refractivity contribution in [2.75, 3.05) is 17.6 Å². The molecule has 0 saturated heterocycles. The first kappa shape index (κ1) is 13.1. The second-order valence-corrected chi connectivity index (χ2v) is 4.43. The summed E-state index contributed by atoms with van der Waals surface area (Å²) in [6, 6.07) is 5.30. The van der Waals surface area contributed by atoms with E-state index in [4.69, 9.17) is 17.3 Å². The highest BCUT2D eigenvalue weighted by atomic mass is 35.5. The number of hydrogen-bond acceptors (Lipinski definition) is 3. The van der Waals surface area contributed by atoms with Crippen LogP contribution < -0.4 is 11.1 Å². The van der Waals surface area contributed by atoms with Gasteiger partial charge in [0.15, 0.2) is 0 Å². The number of nitrogens with one attached hydrogen (secondary N) is 1. The number of rotatable bonds is 5. The Kier molecular flexibility index (Phi) is 4.44. The average molecular weight is 243 g/mol. The molecule has 16 heavy (non-hydrogen) atoms. The van der Waals surface area contributed by atoms with Crippen molar-refractivity contribution in [2.24, 2.45) is 0 Å². The second-order valence-electron chi connectivity index (χ2n) is 4.02. The summed E-state index contributed by atoms with van der Waals surface area (Å²) in [5, 5.41) is 13.8. The number of nitrogen functional groups attached to an aromatic ring is 1. The first-order valence-corrected chi connectivity index (χ1v) is 5.90. The van der Waals surface area contributed by atoms with Crippen molar-refractivity contribution in [1.29, 1.82) is 0 Å². The van der Waals surface area contributed by atoms with Gasteiger partial charge in [0, 0.05) is 12.2 Å². The van der Waals surface area contributed by atoms with Gasteiger partial charge in [-0.25, -0.2) is 0 Å². The highest BCUT2D eigenvalue weighted by Gasteiger charge is 2.21. The van der Waals surface area contributed by atoms with E-state index in [1.54, 1.807) is 12.1 Å². The molecule has 0 unspecified atom stereocenters. The second kappa shape index (κ2) is 5.41. The highest BCUT2D eigenvalue weighted by Crippen LogP contribution is 2.25. The van der Waals surface area contributed by atoms with E-state index in [0.717, 1.165) is 5.69 Å². The van der Waals surface area contributed by atoms with E-state index >= 15 is 0 Å². The minimum atomic E-state index is -0.676. The van der Waals surface area contributed by atoms with Crippen molar-refractivity contribution >= 4 is 23.0 Å². The smallest absolute Gasteiger partial charge is 0.0814 e. The molecule has 1 rings (SSSR count). The maximum absolute atomic E-state index is 10.1. The Morgan fingerprint density at radius 3 is 2.50 bits per heavy atom. The minimum absolute atomic E-state index is 0.490. The van der Waals surface area contributed by atoms with Gasteiger partial charge in [0.25, 0.3) is 0 Å². The van der Waals surface area contributed by atoms with Crippen LogP contribution in [0.3, 0.4) is 0 Å². The predicted octanol–water partition coefficient (Wildman–Crippen LogP) is 2.89. The first-order chi connectivity index (χ1) is 7.50. The molecule has 0 heterocycles. The lowest BCUT2D eigenvalue weighted by Gasteiger charge is -2.26. The third kappa shape index (κ3) is 3.29. The lowest BCUT2D eigenvalue weighted by Crippen LogP contribution is -2.35. The average Bonchev–Trinajstić information content (AvgIpc) is 2.27. The van der Waals surface area contributed by atoms with Gasteiger partial charge in [-0.2, -0.15) is 0 Å². The lowest BCUT2D eigenvalue weighted by molar-refractivity contribution is 0.0457. The first-order valence-electron chi connectivity index (χ1n) is 5.52. The quantitative estimate of drug-likeness (QED) is 0.696. The zero-order valence-corrected chi connectivity index (χ0v) is 10.5. The van der Waals surface area contributed by atoms with Crippen molar-refractivity contribution in [3.05, 3.63) is 23.2 Å². The number of hydrogen-bond donors (Lipinski definition) is 3. The molecule has 0 spiro atoms. The van der Waals surface area contributed by atoms with Gasteiger partial charge in [-0.1, -0.05) is 25.4 Å². The summed E-state index contributed by atoms with van der Waals surface area (Å²) in [7, 11) is 0. The summed E-state index contributed by atoms with van der Waals surface area (Å²) in [6.45, 7) is 4.43. The van der Waals surface area contributed by atoms with Crippen molar-refractivity contribution in [2.45, 2.75) is 32.3 Å². The molecule has 0 fully saturated rings. The summed E-state index contributed by atoms with van der Waals surface area (Å²) in [6.07, 6.45) is 1.42. The number of anilines is 2. The van der Waals surface area contributed by atoms with Crippen molar-refractivity contribution in [1.82, 2.24) is 0 Å². The number of benzene rings is 1. The molecule has 0 radical (unpaired) electrons. The Labute approximate surface area is 102 Å². The van der Waals surface area contributed by atoms with Gasteiger partial charge < -0.3 is 16.2 Å². The third-order valence-corrected chi connectivity index (χ3v) is 3.23. The molecule has 0 saturated carbocycles. The van der Waals surface area contributed by atoms with Crippen LogP contribution in [0, 0.1) is 0 Å². The zero-order valence-electron chi connectivity index (χ0n) is 9.76. The van der Waals surface area contributed by atoms with E-state index in [0.29, 0.717) is 30.1 Å². The van der Waals surface area contributed by atoms with Gasteiger partial charge in [0.1, 0.15) is 0 Å². The van der Waals surface area contributed by atoms with Gasteiger partial charge >= 0.3 is 0 Å². The van der Waals surface area contributed by atoms with E-state index in [-0.39, 0.29) is 0 Å². The Hall–Kier alpha value is -0.930. The van der Waals surface area contributed by atoms with Crippen LogP contribution in [0.15, 0.2) is 18.2 Å². The minimum Gasteiger partial charge on any atom is -0.399 e. The van der Waals surface area contributed by atoms with Crippen LogP contribution in [0.5, 0.6) is 0 Å². The van der Waals surface area contributed by atoms with E-state index in [9.17, 15) is 5.11 Å². The van der Waals surface area contributed by atoms with Gasteiger partial charge in [-0.05, 0) is 31.0 Å². The molecule has 0 aliphatic rings. The van der Waals surface area contributed by atoms with Crippen molar-refractivity contribution < 1.29 is 5.11 Å². The summed E-state index contributed by atoms with van der Waals surface area (Å²) < 4.78 is 0. The van der Waals surface area contributed by atoms with Gasteiger partial charge in [0.05, 0.1) is 16.3 Å². The van der Waals surface area contributed by atoms with E-state index in [2.05, 4.69) is 5.32 Å². The lowest BCUT2D eigenvalue weighted by atomic mass is 9.97. The van der Waals surface area contributed by atoms with Crippen molar-refractivity contribution in [3.8, 4) is 0 Å². The molecule has 3 nitrogen and oxygen atoms in total. The standard InChI is InChI=1S/C12H19ClN2O/c1-3-12(16,4-2)8-15-11-6-5-9(14)7-10(11)13/h5-7,15-16H,3-4,8,14H2,1-2H3. The number of halogens is 1. The molecule has 0 bridgehead atoms. The molecule has 0 atom stereocenters. The summed E-state index contributed by atoms with van der Waals surface area (Å²) >= 11 is 6.02. The molecule has 90 valence electrons. The monoisotopic (exact) mass is 242 g/mol. The molecule has 0 aromatic heterocycles. The highest BCUT2D eigenvalue weighted by molar-refractivity contribution is 6.33. The summed E-state index contributed by atoms with van der Waals surface area (Å²) in [4.78, 5) is 0. The Morgan fingerprint density at radius 1 is 1.38 bits per heavy atom. The molecule has 4 heteroatoms. The molecule has 0 aliphatic heterocycles. The molecule has 4 N–H and O–H groups in total. The Balaban J connectivity index is 2.67. The molecular weight excluding hydrogens is 224 g/mol. The van der Waals surface area contributed by atoms with Crippen LogP contribution >= 0.6 is 11.6 Å². The molecular formula is C12H19ClN2O. The Morgan fingerprint density at radius 2 is 2.00 bits per heavy atom. The summed E-state index contributed by atoms with van der Waals surface area (Å²) in [5.74, 6) is 0. The SMILES string of the molecule is CCC(O)(CC)CNc1ccc(N)cc1Cl. The van der Waals surface area contributed by atoms with Crippen LogP contribution in [-0.2, 0) is 0 Å². The van der Waals surface area contributed by atoms with E-state index < -0.39 is 5.60 Å². The van der Waals surface area contributed by atoms with Gasteiger partial charge in [0.2, 0.25) is 0 Å². The summed E-state index contributed by atoms with van der Waals surface area (Å²) in [5.41, 5.74) is 6.36. The van der Waals surface area contributed by atoms with E-state index in [1.807, 2.05) is 19.9 Å². The third-order valence-electron chi connectivity index (χ3n) is 2.92. The van der Waals surface area contributed by atoms with Crippen LogP contribution in [0.4, 0.5) is 11.4 Å². The molecule has 1 aromatic carbocycles. The van der Waals surface area contributed by atoms with Crippen LogP contribution in [0.1, 0.15) is 26.7 Å². The Bertz CT molecular complexity index is 351. The zero-order chi connectivity index (χ0) is 12.2. The van der Waals surface area contributed by atoms with E-state index in [1.165, 1.54) is 0 Å². The fraction of sp³-hybridized carbons (Fsp3) is 0.500. The fourth-order valence-corrected chi connectivity index (χ4v) is 1.69. The predicted molar refractivity (Wildman–Crippen MR) is 69.9 cm³/mol. The van der Waals surface area contributed by atoms with Crippen LogP contribution in [-0.4, -0.2) is 17.3 Å². The molecule has 0 aliphatic carbocycles. The maximum atomic E-state index is 10.1. The van der Waals surface area contributed by atoms with Gasteiger partial charge in [-0.3, -0.25) is 0 Å².